The molecule has 7 heteroatoms. The van der Waals surface area contributed by atoms with E-state index in [0.717, 1.165) is 39.6 Å². The summed E-state index contributed by atoms with van der Waals surface area (Å²) < 4.78 is 8.73. The molecule has 1 aromatic heterocycles. The average molecular weight is 410 g/mol. The van der Waals surface area contributed by atoms with Crippen LogP contribution in [-0.2, 0) is 18.0 Å². The van der Waals surface area contributed by atoms with Gasteiger partial charge in [0.15, 0.2) is 0 Å². The first-order chi connectivity index (χ1) is 11.3. The van der Waals surface area contributed by atoms with Gasteiger partial charge in [0, 0.05) is 31.8 Å². The molecule has 1 aliphatic rings. The fourth-order valence-corrected chi connectivity index (χ4v) is 4.44. The second-order valence-electron chi connectivity index (χ2n) is 7.54. The van der Waals surface area contributed by atoms with Gasteiger partial charge < -0.3 is 9.64 Å². The Morgan fingerprint density at radius 2 is 2.08 bits per heavy atom. The molecule has 2 heterocycles. The molecular weight excluding hydrogens is 386 g/mol. The second kappa shape index (κ2) is 6.53. The van der Waals surface area contributed by atoms with E-state index in [0.29, 0.717) is 13.3 Å². The quantitative estimate of drug-likeness (QED) is 0.602. The van der Waals surface area contributed by atoms with Crippen LogP contribution in [0.4, 0.5) is 5.69 Å². The van der Waals surface area contributed by atoms with E-state index in [1.54, 1.807) is 0 Å². The van der Waals surface area contributed by atoms with Crippen molar-refractivity contribution in [2.45, 2.75) is 39.0 Å². The summed E-state index contributed by atoms with van der Waals surface area (Å²) >= 11 is 3.63. The van der Waals surface area contributed by atoms with Gasteiger partial charge in [-0.2, -0.15) is 0 Å². The van der Waals surface area contributed by atoms with Crippen molar-refractivity contribution >= 4 is 29.7 Å². The molecule has 5 nitrogen and oxygen atoms in total. The van der Waals surface area contributed by atoms with Crippen molar-refractivity contribution < 1.29 is 4.74 Å². The number of hydrogen-bond acceptors (Lipinski definition) is 3. The summed E-state index contributed by atoms with van der Waals surface area (Å²) in [6.07, 6.45) is 0. The molecule has 1 aromatic carbocycles. The molecule has 3 rings (SSSR count). The Balaban J connectivity index is 1.90. The molecule has 1 N–H and O–H groups in total. The van der Waals surface area contributed by atoms with E-state index in [4.69, 9.17) is 4.74 Å². The predicted molar refractivity (Wildman–Crippen MR) is 104 cm³/mol. The van der Waals surface area contributed by atoms with Crippen LogP contribution in [0.2, 0.25) is 25.7 Å². The Kier molecular flexibility index (Phi) is 4.77. The maximum atomic E-state index is 12.4. The van der Waals surface area contributed by atoms with Crippen molar-refractivity contribution in [1.82, 2.24) is 9.78 Å². The van der Waals surface area contributed by atoms with E-state index < -0.39 is 8.07 Å². The molecule has 0 unspecified atom stereocenters. The number of halogens is 1. The van der Waals surface area contributed by atoms with E-state index in [2.05, 4.69) is 51.6 Å². The van der Waals surface area contributed by atoms with Crippen LogP contribution in [0.5, 0.6) is 0 Å². The lowest BCUT2D eigenvalue weighted by atomic mass is 10.0. The highest BCUT2D eigenvalue weighted by molar-refractivity contribution is 9.10. The zero-order chi connectivity index (χ0) is 17.5. The van der Waals surface area contributed by atoms with Gasteiger partial charge in [-0.25, -0.2) is 0 Å². The first-order valence-electron chi connectivity index (χ1n) is 8.17. The van der Waals surface area contributed by atoms with Crippen LogP contribution in [0.15, 0.2) is 27.5 Å². The van der Waals surface area contributed by atoms with Gasteiger partial charge in [-0.05, 0) is 28.0 Å². The SMILES string of the molecule is CN1Cc2c(n(COCC[Si](C)(C)C)[nH]c2=O)-c2cccc(Br)c21. The Labute approximate surface area is 151 Å². The fourth-order valence-electron chi connectivity index (χ4n) is 3.01. The van der Waals surface area contributed by atoms with Gasteiger partial charge in [0.2, 0.25) is 0 Å². The first kappa shape index (κ1) is 17.5. The number of nitrogens with zero attached hydrogens (tertiary/aromatic N) is 2. The maximum absolute atomic E-state index is 12.4. The summed E-state index contributed by atoms with van der Waals surface area (Å²) in [5.41, 5.74) is 3.88. The van der Waals surface area contributed by atoms with Crippen LogP contribution in [0.25, 0.3) is 11.3 Å². The number of benzene rings is 1. The Morgan fingerprint density at radius 3 is 2.79 bits per heavy atom. The monoisotopic (exact) mass is 409 g/mol. The minimum Gasteiger partial charge on any atom is -0.369 e. The standard InChI is InChI=1S/C17H24BrN3O2Si/c1-20-10-13-15(12-6-5-7-14(18)16(12)20)21(19-17(13)22)11-23-8-9-24(2,3)4/h5-7H,8-11H2,1-4H3,(H,19,22). The number of fused-ring (bicyclic) bond motifs is 3. The fraction of sp³-hybridized carbons (Fsp3) is 0.471. The first-order valence-corrected chi connectivity index (χ1v) is 12.7. The predicted octanol–water partition coefficient (Wildman–Crippen LogP) is 3.87. The van der Waals surface area contributed by atoms with E-state index in [1.165, 1.54) is 0 Å². The minimum atomic E-state index is -1.11. The maximum Gasteiger partial charge on any atom is 0.269 e. The van der Waals surface area contributed by atoms with Gasteiger partial charge in [-0.3, -0.25) is 14.6 Å². The molecule has 0 atom stereocenters. The number of H-pyrrole nitrogens is 1. The van der Waals surface area contributed by atoms with Crippen LogP contribution in [0.1, 0.15) is 5.56 Å². The Morgan fingerprint density at radius 1 is 1.33 bits per heavy atom. The summed E-state index contributed by atoms with van der Waals surface area (Å²) in [7, 11) is 0.896. The second-order valence-corrected chi connectivity index (χ2v) is 14.0. The van der Waals surface area contributed by atoms with Crippen molar-refractivity contribution in [3.05, 3.63) is 38.6 Å². The van der Waals surface area contributed by atoms with Gasteiger partial charge in [-0.15, -0.1) is 0 Å². The molecule has 24 heavy (non-hydrogen) atoms. The van der Waals surface area contributed by atoms with Crippen LogP contribution in [0, 0.1) is 0 Å². The summed E-state index contributed by atoms with van der Waals surface area (Å²) in [4.78, 5) is 14.5. The molecule has 0 amide bonds. The summed E-state index contributed by atoms with van der Waals surface area (Å²) in [6.45, 7) is 8.71. The molecule has 0 bridgehead atoms. The van der Waals surface area contributed by atoms with Crippen LogP contribution >= 0.6 is 15.9 Å². The third kappa shape index (κ3) is 3.38. The number of aromatic nitrogens is 2. The largest absolute Gasteiger partial charge is 0.369 e. The molecule has 0 saturated heterocycles. The number of aromatic amines is 1. The zero-order valence-corrected chi connectivity index (χ0v) is 17.2. The summed E-state index contributed by atoms with van der Waals surface area (Å²) in [5, 5.41) is 2.94. The van der Waals surface area contributed by atoms with Gasteiger partial charge in [0.05, 0.1) is 23.5 Å². The third-order valence-electron chi connectivity index (χ3n) is 4.30. The highest BCUT2D eigenvalue weighted by Crippen LogP contribution is 2.41. The highest BCUT2D eigenvalue weighted by atomic mass is 79.9. The van der Waals surface area contributed by atoms with E-state index >= 15 is 0 Å². The average Bonchev–Trinajstić information content (AvgIpc) is 2.79. The van der Waals surface area contributed by atoms with Crippen molar-refractivity contribution in [1.29, 1.82) is 0 Å². The molecule has 2 aromatic rings. The Bertz CT molecular complexity index is 807. The number of hydrogen-bond donors (Lipinski definition) is 1. The molecule has 0 saturated carbocycles. The van der Waals surface area contributed by atoms with Gasteiger partial charge in [0.25, 0.3) is 5.56 Å². The van der Waals surface area contributed by atoms with Gasteiger partial charge in [0.1, 0.15) is 6.73 Å². The number of nitrogens with one attached hydrogen (secondary N) is 1. The third-order valence-corrected chi connectivity index (χ3v) is 6.65. The molecule has 0 fully saturated rings. The molecular formula is C17H24BrN3O2Si. The van der Waals surface area contributed by atoms with E-state index in [9.17, 15) is 4.79 Å². The highest BCUT2D eigenvalue weighted by Gasteiger charge is 2.27. The van der Waals surface area contributed by atoms with Crippen LogP contribution < -0.4 is 10.5 Å². The lowest BCUT2D eigenvalue weighted by Crippen LogP contribution is -2.25. The van der Waals surface area contributed by atoms with Crippen molar-refractivity contribution in [2.24, 2.45) is 0 Å². The molecule has 0 spiro atoms. The lowest BCUT2D eigenvalue weighted by Gasteiger charge is -2.29. The van der Waals surface area contributed by atoms with E-state index in [1.807, 2.05) is 23.9 Å². The number of anilines is 1. The van der Waals surface area contributed by atoms with Crippen LogP contribution in [-0.4, -0.2) is 31.5 Å². The van der Waals surface area contributed by atoms with E-state index in [-0.39, 0.29) is 5.56 Å². The minimum absolute atomic E-state index is 0.0312. The van der Waals surface area contributed by atoms with Gasteiger partial charge >= 0.3 is 0 Å². The molecule has 1 aliphatic heterocycles. The molecule has 0 radical (unpaired) electrons. The van der Waals surface area contributed by atoms with Crippen molar-refractivity contribution in [3.8, 4) is 11.3 Å². The topological polar surface area (TPSA) is 50.3 Å². The number of rotatable bonds is 5. The van der Waals surface area contributed by atoms with Crippen LogP contribution in [0.3, 0.4) is 0 Å². The number of para-hydroxylation sites is 1. The van der Waals surface area contributed by atoms with Gasteiger partial charge in [-0.1, -0.05) is 31.8 Å². The smallest absolute Gasteiger partial charge is 0.269 e. The summed E-state index contributed by atoms with van der Waals surface area (Å²) in [6, 6.07) is 7.20. The Hall–Kier alpha value is -1.31. The lowest BCUT2D eigenvalue weighted by molar-refractivity contribution is 0.0794. The van der Waals surface area contributed by atoms with Crippen molar-refractivity contribution in [2.75, 3.05) is 18.6 Å². The summed E-state index contributed by atoms with van der Waals surface area (Å²) in [5.74, 6) is 0. The molecule has 0 aliphatic carbocycles. The normalized spacial score (nSPS) is 13.8. The number of ether oxygens (including phenoxy) is 1. The zero-order valence-electron chi connectivity index (χ0n) is 14.6. The molecule has 130 valence electrons. The van der Waals surface area contributed by atoms with Crippen molar-refractivity contribution in [3.63, 3.8) is 0 Å².